The van der Waals surface area contributed by atoms with E-state index in [2.05, 4.69) is 49.9 Å². The fraction of sp³-hybridized carbons (Fsp3) is 0.333. The first-order valence-corrected chi connectivity index (χ1v) is 11.7. The highest BCUT2D eigenvalue weighted by molar-refractivity contribution is 8.68. The third-order valence-corrected chi connectivity index (χ3v) is 8.20. The average Bonchev–Trinajstić information content (AvgIpc) is 2.59. The van der Waals surface area contributed by atoms with Crippen LogP contribution in [0.1, 0.15) is 20.8 Å². The normalized spacial score (nSPS) is 11.0. The van der Waals surface area contributed by atoms with Crippen molar-refractivity contribution in [3.63, 3.8) is 0 Å². The second kappa shape index (κ2) is 10.2. The molecule has 2 aromatic carbocycles. The zero-order valence-electron chi connectivity index (χ0n) is 13.6. The van der Waals surface area contributed by atoms with E-state index in [1.807, 2.05) is 36.4 Å². The first-order valence-electron chi connectivity index (χ1n) is 7.72. The van der Waals surface area contributed by atoms with Crippen LogP contribution in [0.15, 0.2) is 60.7 Å². The lowest BCUT2D eigenvalue weighted by molar-refractivity contribution is 0.321. The molecule has 0 amide bonds. The summed E-state index contributed by atoms with van der Waals surface area (Å²) >= 11 is 10.3. The van der Waals surface area contributed by atoms with Gasteiger partial charge in [0, 0.05) is 0 Å². The highest BCUT2D eigenvalue weighted by Gasteiger charge is 2.15. The molecule has 22 heavy (non-hydrogen) atoms. The molecule has 0 saturated heterocycles. The first kappa shape index (κ1) is 19.4. The Kier molecular flexibility index (Phi) is 9.04. The van der Waals surface area contributed by atoms with Crippen molar-refractivity contribution in [3.8, 4) is 0 Å². The van der Waals surface area contributed by atoms with Crippen LogP contribution in [-0.4, -0.2) is 24.5 Å². The Bertz CT molecular complexity index is 519. The van der Waals surface area contributed by atoms with Crippen LogP contribution in [0.25, 0.3) is 0 Å². The minimum Gasteiger partial charge on any atom is -0.304 e. The molecule has 0 aliphatic rings. The average molecular weight is 352 g/mol. The summed E-state index contributed by atoms with van der Waals surface area (Å²) in [5.74, 6) is 0. The molecule has 0 radical (unpaired) electrons. The van der Waals surface area contributed by atoms with Gasteiger partial charge in [-0.15, -0.1) is 12.2 Å². The molecule has 2 aromatic rings. The number of thiol groups is 1. The Hall–Kier alpha value is -0.600. The van der Waals surface area contributed by atoms with Crippen LogP contribution in [-0.2, 0) is 11.8 Å². The van der Waals surface area contributed by atoms with Crippen molar-refractivity contribution in [1.29, 1.82) is 0 Å². The molecule has 0 spiro atoms. The van der Waals surface area contributed by atoms with Crippen LogP contribution in [0.5, 0.6) is 0 Å². The van der Waals surface area contributed by atoms with Gasteiger partial charge in [0.05, 0.1) is 5.24 Å². The Morgan fingerprint density at radius 3 is 1.32 bits per heavy atom. The highest BCUT2D eigenvalue weighted by Crippen LogP contribution is 2.48. The summed E-state index contributed by atoms with van der Waals surface area (Å²) in [4.78, 5) is 2.38. The maximum atomic E-state index is 5.65. The van der Waals surface area contributed by atoms with Crippen molar-refractivity contribution < 1.29 is 0 Å². The van der Waals surface area contributed by atoms with Crippen molar-refractivity contribution >= 4 is 39.9 Å². The Morgan fingerprint density at radius 2 is 1.09 bits per heavy atom. The molecular weight excluding hydrogens is 325 g/mol. The van der Waals surface area contributed by atoms with E-state index in [4.69, 9.17) is 24.1 Å². The number of hydrogen-bond acceptors (Lipinski definition) is 2. The molecule has 120 valence electrons. The zero-order chi connectivity index (χ0) is 16.4. The van der Waals surface area contributed by atoms with E-state index in [1.165, 1.54) is 19.6 Å². The number of rotatable bonds is 5. The van der Waals surface area contributed by atoms with Gasteiger partial charge in [0.1, 0.15) is 0 Å². The van der Waals surface area contributed by atoms with Crippen molar-refractivity contribution in [2.75, 3.05) is 19.6 Å². The topological polar surface area (TPSA) is 3.24 Å². The molecule has 0 heterocycles. The fourth-order valence-electron chi connectivity index (χ4n) is 2.08. The smallest absolute Gasteiger partial charge is 0.0584 e. The lowest BCUT2D eigenvalue weighted by atomic mass is 10.4. The van der Waals surface area contributed by atoms with Crippen LogP contribution in [0.2, 0.25) is 0 Å². The van der Waals surface area contributed by atoms with Gasteiger partial charge in [-0.1, -0.05) is 93.2 Å². The first-order chi connectivity index (χ1) is 10.6. The summed E-state index contributed by atoms with van der Waals surface area (Å²) in [6.45, 7) is 10.1. The maximum absolute atomic E-state index is 5.65. The van der Waals surface area contributed by atoms with Crippen molar-refractivity contribution in [2.24, 2.45) is 0 Å². The predicted molar refractivity (Wildman–Crippen MR) is 109 cm³/mol. The van der Waals surface area contributed by atoms with Crippen LogP contribution < -0.4 is 10.6 Å². The second-order valence-electron chi connectivity index (χ2n) is 4.87. The number of hydrogen-bond donors (Lipinski definition) is 1. The fourth-order valence-corrected chi connectivity index (χ4v) is 5.06. The van der Waals surface area contributed by atoms with Crippen LogP contribution >= 0.6 is 17.5 Å². The Balaban J connectivity index is 0.000000295. The van der Waals surface area contributed by atoms with Crippen LogP contribution in [0, 0.1) is 0 Å². The van der Waals surface area contributed by atoms with Gasteiger partial charge in [-0.05, 0) is 30.2 Å². The second-order valence-corrected chi connectivity index (χ2v) is 11.3. The molecule has 0 unspecified atom stereocenters. The van der Waals surface area contributed by atoms with Gasteiger partial charge < -0.3 is 4.90 Å². The Morgan fingerprint density at radius 1 is 0.773 bits per heavy atom. The van der Waals surface area contributed by atoms with Gasteiger partial charge in [0.15, 0.2) is 0 Å². The molecule has 0 aromatic heterocycles. The summed E-state index contributed by atoms with van der Waals surface area (Å²) in [6.07, 6.45) is 0. The molecule has 0 fully saturated rings. The van der Waals surface area contributed by atoms with Crippen molar-refractivity contribution in [3.05, 3.63) is 60.7 Å². The van der Waals surface area contributed by atoms with E-state index in [0.717, 1.165) is 10.6 Å². The quantitative estimate of drug-likeness (QED) is 0.632. The molecule has 0 N–H and O–H groups in total. The monoisotopic (exact) mass is 351 g/mol. The highest BCUT2D eigenvalue weighted by atomic mass is 32.9. The van der Waals surface area contributed by atoms with E-state index in [1.54, 1.807) is 0 Å². The summed E-state index contributed by atoms with van der Waals surface area (Å²) in [5, 5.41) is 0.426. The van der Waals surface area contributed by atoms with E-state index in [9.17, 15) is 0 Å². The number of nitrogens with zero attached hydrogens (tertiary/aromatic N) is 1. The molecule has 0 saturated carbocycles. The molecule has 0 aliphatic heterocycles. The van der Waals surface area contributed by atoms with E-state index < -0.39 is 5.24 Å². The molecule has 0 aliphatic carbocycles. The standard InChI is InChI=1S/C12H11PS2.C6H15N/c14-13(15,11-7-3-1-4-8-11)12-9-5-2-6-10-12;1-4-7(5-2)6-3/h1-10H,(H,14,15);4-6H2,1-3H3. The molecule has 4 heteroatoms. The van der Waals surface area contributed by atoms with Crippen molar-refractivity contribution in [2.45, 2.75) is 20.8 Å². The van der Waals surface area contributed by atoms with Crippen LogP contribution in [0.4, 0.5) is 0 Å². The lowest BCUT2D eigenvalue weighted by Gasteiger charge is -2.16. The van der Waals surface area contributed by atoms with Gasteiger partial charge in [-0.3, -0.25) is 0 Å². The summed E-state index contributed by atoms with van der Waals surface area (Å²) < 4.78 is 0. The van der Waals surface area contributed by atoms with Gasteiger partial charge in [0.2, 0.25) is 0 Å². The summed E-state index contributed by atoms with van der Waals surface area (Å²) in [5.41, 5.74) is 0. The molecule has 1 nitrogen and oxygen atoms in total. The lowest BCUT2D eigenvalue weighted by Crippen LogP contribution is -2.21. The third kappa shape index (κ3) is 5.89. The van der Waals surface area contributed by atoms with E-state index in [-0.39, 0.29) is 0 Å². The number of benzene rings is 2. The predicted octanol–water partition coefficient (Wildman–Crippen LogP) is 4.31. The minimum atomic E-state index is -1.87. The molecule has 0 bridgehead atoms. The Labute approximate surface area is 145 Å². The third-order valence-electron chi connectivity index (χ3n) is 3.55. The van der Waals surface area contributed by atoms with Gasteiger partial charge in [-0.25, -0.2) is 0 Å². The largest absolute Gasteiger partial charge is 0.304 e. The van der Waals surface area contributed by atoms with E-state index in [0.29, 0.717) is 0 Å². The molecular formula is C18H26NPS2. The minimum absolute atomic E-state index is 1.15. The van der Waals surface area contributed by atoms with Gasteiger partial charge in [0.25, 0.3) is 0 Å². The molecule has 2 rings (SSSR count). The van der Waals surface area contributed by atoms with Gasteiger partial charge in [-0.2, -0.15) is 0 Å². The summed E-state index contributed by atoms with van der Waals surface area (Å²) in [6, 6.07) is 20.3. The zero-order valence-corrected chi connectivity index (χ0v) is 16.3. The molecule has 0 atom stereocenters. The maximum Gasteiger partial charge on any atom is 0.0584 e. The van der Waals surface area contributed by atoms with Gasteiger partial charge >= 0.3 is 0 Å². The van der Waals surface area contributed by atoms with E-state index >= 15 is 0 Å². The SMILES string of the molecule is CCN(CC)CC.S=P(S)(c1ccccc1)c1ccccc1. The van der Waals surface area contributed by atoms with Crippen LogP contribution in [0.3, 0.4) is 0 Å². The summed E-state index contributed by atoms with van der Waals surface area (Å²) in [7, 11) is 0. The van der Waals surface area contributed by atoms with Crippen molar-refractivity contribution in [1.82, 2.24) is 4.90 Å².